The van der Waals surface area contributed by atoms with Gasteiger partial charge in [-0.15, -0.1) is 0 Å². The summed E-state index contributed by atoms with van der Waals surface area (Å²) in [6, 6.07) is 9.41. The molecule has 1 aromatic rings. The van der Waals surface area contributed by atoms with Crippen molar-refractivity contribution in [3.05, 3.63) is 35.9 Å². The lowest BCUT2D eigenvalue weighted by molar-refractivity contribution is -0.919. The Morgan fingerprint density at radius 1 is 0.667 bits per heavy atom. The average molecular weight is 595 g/mol. The molecule has 0 spiro atoms. The molecule has 0 aliphatic carbocycles. The molecule has 0 saturated heterocycles. The van der Waals surface area contributed by atoms with Crippen LogP contribution in [0, 0.1) is 0 Å². The molecule has 0 atom stereocenters. The number of nitrogens with one attached hydrogen (secondary N) is 2. The molecule has 0 aliphatic rings. The first kappa shape index (κ1) is 36.7. The van der Waals surface area contributed by atoms with Gasteiger partial charge in [-0.05, 0) is 67.9 Å². The van der Waals surface area contributed by atoms with Gasteiger partial charge in [-0.2, -0.15) is 0 Å². The standard InChI is InChI=1S/C31H51N3O8/c1-29(2,3)40-26(36)22-34(20-17-32-27(37)41-30(4,5)6,21-18-33-28(38)42-31(7,8)9)19-13-16-25(35)39-23-24-14-11-10-12-15-24/h10-12,14-15H,13,16-23H2,1-9H3,(H-,32,33,37,38)/p+1. The summed E-state index contributed by atoms with van der Waals surface area (Å²) in [4.78, 5) is 50.2. The molecule has 0 unspecified atom stereocenters. The van der Waals surface area contributed by atoms with Crippen LogP contribution in [-0.2, 0) is 35.1 Å². The van der Waals surface area contributed by atoms with Gasteiger partial charge in [0, 0.05) is 6.42 Å². The highest BCUT2D eigenvalue weighted by atomic mass is 16.6. The van der Waals surface area contributed by atoms with Gasteiger partial charge in [-0.3, -0.25) is 4.79 Å². The topological polar surface area (TPSA) is 129 Å². The minimum absolute atomic E-state index is 0.0255. The summed E-state index contributed by atoms with van der Waals surface area (Å²) in [5, 5.41) is 5.50. The van der Waals surface area contributed by atoms with Gasteiger partial charge in [0.15, 0.2) is 6.54 Å². The molecule has 0 aliphatic heterocycles. The Morgan fingerprint density at radius 3 is 1.60 bits per heavy atom. The molecule has 0 bridgehead atoms. The van der Waals surface area contributed by atoms with Crippen LogP contribution >= 0.6 is 0 Å². The predicted octanol–water partition coefficient (Wildman–Crippen LogP) is 4.72. The number of nitrogens with zero attached hydrogens (tertiary/aromatic N) is 1. The number of esters is 2. The number of hydrogen-bond donors (Lipinski definition) is 2. The maximum Gasteiger partial charge on any atom is 0.407 e. The minimum Gasteiger partial charge on any atom is -0.461 e. The number of alkyl carbamates (subject to hydrolysis) is 2. The van der Waals surface area contributed by atoms with Crippen LogP contribution in [0.1, 0.15) is 80.7 Å². The molecular formula is C31H52N3O8+. The zero-order valence-corrected chi connectivity index (χ0v) is 27.0. The summed E-state index contributed by atoms with van der Waals surface area (Å²) in [6.07, 6.45) is -0.599. The van der Waals surface area contributed by atoms with Crippen LogP contribution in [0.5, 0.6) is 0 Å². The number of quaternary nitrogens is 1. The fourth-order valence-electron chi connectivity index (χ4n) is 4.01. The molecule has 1 rings (SSSR count). The average Bonchev–Trinajstić information content (AvgIpc) is 2.80. The van der Waals surface area contributed by atoms with Gasteiger partial charge >= 0.3 is 24.1 Å². The molecule has 0 radical (unpaired) electrons. The van der Waals surface area contributed by atoms with Crippen molar-refractivity contribution < 1.29 is 42.6 Å². The Hall–Kier alpha value is -3.34. The van der Waals surface area contributed by atoms with Crippen molar-refractivity contribution in [2.75, 3.05) is 39.3 Å². The second-order valence-corrected chi connectivity index (χ2v) is 13.4. The summed E-state index contributed by atoms with van der Waals surface area (Å²) in [5.74, 6) is -0.781. The van der Waals surface area contributed by atoms with E-state index in [4.69, 9.17) is 18.9 Å². The zero-order chi connectivity index (χ0) is 32.0. The number of ether oxygens (including phenoxy) is 4. The zero-order valence-electron chi connectivity index (χ0n) is 27.0. The first-order valence-corrected chi connectivity index (χ1v) is 14.5. The molecule has 42 heavy (non-hydrogen) atoms. The maximum atomic E-state index is 13.0. The van der Waals surface area contributed by atoms with Crippen LogP contribution in [0.2, 0.25) is 0 Å². The molecule has 0 heterocycles. The van der Waals surface area contributed by atoms with E-state index in [1.165, 1.54) is 0 Å². The van der Waals surface area contributed by atoms with Crippen LogP contribution in [0.3, 0.4) is 0 Å². The van der Waals surface area contributed by atoms with E-state index in [1.54, 1.807) is 62.3 Å². The molecule has 1 aromatic carbocycles. The number of carbonyl (C=O) groups is 4. The molecule has 0 fully saturated rings. The van der Waals surface area contributed by atoms with E-state index in [9.17, 15) is 19.2 Å². The van der Waals surface area contributed by atoms with Gasteiger partial charge in [-0.1, -0.05) is 30.3 Å². The lowest BCUT2D eigenvalue weighted by Gasteiger charge is -2.38. The largest absolute Gasteiger partial charge is 0.461 e. The smallest absolute Gasteiger partial charge is 0.407 e. The van der Waals surface area contributed by atoms with E-state index in [-0.39, 0.29) is 43.1 Å². The van der Waals surface area contributed by atoms with Crippen molar-refractivity contribution in [3.63, 3.8) is 0 Å². The van der Waals surface area contributed by atoms with Crippen molar-refractivity contribution >= 4 is 24.1 Å². The molecule has 2 amide bonds. The molecule has 11 nitrogen and oxygen atoms in total. The van der Waals surface area contributed by atoms with Gasteiger partial charge in [-0.25, -0.2) is 14.4 Å². The van der Waals surface area contributed by atoms with Crippen LogP contribution in [0.15, 0.2) is 30.3 Å². The third-order valence-electron chi connectivity index (χ3n) is 5.65. The van der Waals surface area contributed by atoms with Gasteiger partial charge in [0.05, 0.1) is 39.1 Å². The van der Waals surface area contributed by atoms with Gasteiger partial charge in [0.1, 0.15) is 23.4 Å². The number of benzene rings is 1. The highest BCUT2D eigenvalue weighted by Crippen LogP contribution is 2.15. The van der Waals surface area contributed by atoms with E-state index in [1.807, 2.05) is 30.3 Å². The summed E-state index contributed by atoms with van der Waals surface area (Å²) >= 11 is 0. The third kappa shape index (κ3) is 18.2. The van der Waals surface area contributed by atoms with E-state index in [2.05, 4.69) is 10.6 Å². The van der Waals surface area contributed by atoms with Crippen molar-refractivity contribution in [1.29, 1.82) is 0 Å². The molecule has 238 valence electrons. The molecule has 2 N–H and O–H groups in total. The number of hydrogen-bond acceptors (Lipinski definition) is 8. The van der Waals surface area contributed by atoms with Gasteiger partial charge < -0.3 is 34.1 Å². The van der Waals surface area contributed by atoms with E-state index >= 15 is 0 Å². The minimum atomic E-state index is -0.697. The number of rotatable bonds is 14. The lowest BCUT2D eigenvalue weighted by atomic mass is 10.2. The third-order valence-corrected chi connectivity index (χ3v) is 5.65. The second-order valence-electron chi connectivity index (χ2n) is 13.4. The number of carbonyl (C=O) groups excluding carboxylic acids is 4. The SMILES string of the molecule is CC(C)(C)OC(=O)C[N+](CCCC(=O)OCc1ccccc1)(CCNC(=O)OC(C)(C)C)CCNC(=O)OC(C)(C)C. The van der Waals surface area contributed by atoms with Gasteiger partial charge in [0.25, 0.3) is 0 Å². The monoisotopic (exact) mass is 594 g/mol. The predicted molar refractivity (Wildman–Crippen MR) is 160 cm³/mol. The summed E-state index contributed by atoms with van der Waals surface area (Å²) < 4.78 is 21.9. The Balaban J connectivity index is 3.02. The van der Waals surface area contributed by atoms with Crippen LogP contribution in [-0.4, -0.2) is 84.7 Å². The summed E-state index contributed by atoms with van der Waals surface area (Å²) in [6.45, 7) is 17.6. The Bertz CT molecular complexity index is 974. The van der Waals surface area contributed by atoms with Crippen LogP contribution in [0.4, 0.5) is 9.59 Å². The Kier molecular flexibility index (Phi) is 14.3. The van der Waals surface area contributed by atoms with E-state index in [0.29, 0.717) is 26.1 Å². The quantitative estimate of drug-likeness (QED) is 0.180. The maximum absolute atomic E-state index is 13.0. The summed E-state index contributed by atoms with van der Waals surface area (Å²) in [5.41, 5.74) is -1.13. The van der Waals surface area contributed by atoms with Crippen LogP contribution < -0.4 is 10.6 Å². The fraction of sp³-hybridized carbons (Fsp3) is 0.677. The molecule has 0 aromatic heterocycles. The fourth-order valence-corrected chi connectivity index (χ4v) is 4.01. The molecule has 11 heteroatoms. The molecular weight excluding hydrogens is 542 g/mol. The highest BCUT2D eigenvalue weighted by molar-refractivity contribution is 5.71. The van der Waals surface area contributed by atoms with Crippen molar-refractivity contribution in [2.45, 2.75) is 98.6 Å². The first-order valence-electron chi connectivity index (χ1n) is 14.5. The first-order chi connectivity index (χ1) is 19.3. The molecule has 0 saturated carbocycles. The Labute approximate surface area is 251 Å². The Morgan fingerprint density at radius 2 is 1.14 bits per heavy atom. The van der Waals surface area contributed by atoms with Crippen LogP contribution in [0.25, 0.3) is 0 Å². The second kappa shape index (κ2) is 16.3. The number of amides is 2. The van der Waals surface area contributed by atoms with E-state index < -0.39 is 35.0 Å². The van der Waals surface area contributed by atoms with Crippen molar-refractivity contribution in [2.24, 2.45) is 0 Å². The van der Waals surface area contributed by atoms with Crippen molar-refractivity contribution in [1.82, 2.24) is 10.6 Å². The lowest BCUT2D eigenvalue weighted by Crippen LogP contribution is -2.58. The normalized spacial score (nSPS) is 12.2. The van der Waals surface area contributed by atoms with E-state index in [0.717, 1.165) is 5.56 Å². The van der Waals surface area contributed by atoms with Crippen molar-refractivity contribution in [3.8, 4) is 0 Å². The highest BCUT2D eigenvalue weighted by Gasteiger charge is 2.33. The van der Waals surface area contributed by atoms with Gasteiger partial charge in [0.2, 0.25) is 0 Å². The summed E-state index contributed by atoms with van der Waals surface area (Å²) in [7, 11) is 0.